The topological polar surface area (TPSA) is 88.4 Å². The molecular formula is C16H20N2O4S. The van der Waals surface area contributed by atoms with E-state index in [1.165, 1.54) is 6.92 Å². The van der Waals surface area contributed by atoms with E-state index in [0.29, 0.717) is 17.9 Å². The highest BCUT2D eigenvalue weighted by Crippen LogP contribution is 2.08. The van der Waals surface area contributed by atoms with Gasteiger partial charge in [0.05, 0.1) is 0 Å². The molecule has 124 valence electrons. The van der Waals surface area contributed by atoms with E-state index in [1.54, 1.807) is 36.0 Å². The summed E-state index contributed by atoms with van der Waals surface area (Å²) in [6.45, 7) is 1.28. The maximum atomic E-state index is 12.0. The van der Waals surface area contributed by atoms with E-state index in [4.69, 9.17) is 14.7 Å². The molecule has 1 aromatic rings. The Morgan fingerprint density at radius 1 is 1.35 bits per heavy atom. The molecule has 2 atom stereocenters. The first-order chi connectivity index (χ1) is 11.1. The van der Waals surface area contributed by atoms with Gasteiger partial charge in [0.1, 0.15) is 17.9 Å². The molecule has 0 saturated heterocycles. The van der Waals surface area contributed by atoms with Gasteiger partial charge in [0.15, 0.2) is 12.7 Å². The summed E-state index contributed by atoms with van der Waals surface area (Å²) in [6.07, 6.45) is 1.48. The van der Waals surface area contributed by atoms with E-state index in [1.807, 2.05) is 18.4 Å². The Labute approximate surface area is 140 Å². The van der Waals surface area contributed by atoms with Gasteiger partial charge < -0.3 is 14.8 Å². The van der Waals surface area contributed by atoms with E-state index >= 15 is 0 Å². The van der Waals surface area contributed by atoms with Gasteiger partial charge in [-0.2, -0.15) is 17.0 Å². The Bertz CT molecular complexity index is 545. The molecule has 0 heterocycles. The number of nitriles is 1. The van der Waals surface area contributed by atoms with Gasteiger partial charge in [-0.1, -0.05) is 18.2 Å². The first-order valence-electron chi connectivity index (χ1n) is 7.13. The van der Waals surface area contributed by atoms with Crippen molar-refractivity contribution in [1.82, 2.24) is 5.32 Å². The van der Waals surface area contributed by atoms with Crippen LogP contribution in [0.5, 0.6) is 5.75 Å². The normalized spacial score (nSPS) is 12.6. The molecule has 0 radical (unpaired) electrons. The van der Waals surface area contributed by atoms with Crippen LogP contribution in [-0.2, 0) is 14.3 Å². The zero-order valence-corrected chi connectivity index (χ0v) is 14.0. The minimum absolute atomic E-state index is 0.194. The van der Waals surface area contributed by atoms with E-state index in [2.05, 4.69) is 5.32 Å². The van der Waals surface area contributed by atoms with Crippen LogP contribution in [0.1, 0.15) is 13.3 Å². The lowest BCUT2D eigenvalue weighted by atomic mass is 10.2. The number of amides is 1. The third-order valence-corrected chi connectivity index (χ3v) is 3.46. The van der Waals surface area contributed by atoms with Crippen LogP contribution in [0.3, 0.4) is 0 Å². The monoisotopic (exact) mass is 336 g/mol. The van der Waals surface area contributed by atoms with Crippen LogP contribution in [0.4, 0.5) is 0 Å². The van der Waals surface area contributed by atoms with Gasteiger partial charge >= 0.3 is 5.97 Å². The number of rotatable bonds is 9. The number of esters is 1. The fraction of sp³-hybridized carbons (Fsp3) is 0.438. The van der Waals surface area contributed by atoms with Crippen LogP contribution >= 0.6 is 11.8 Å². The quantitative estimate of drug-likeness (QED) is 0.691. The molecule has 6 nitrogen and oxygen atoms in total. The molecule has 1 N–H and O–H groups in total. The Morgan fingerprint density at radius 3 is 2.65 bits per heavy atom. The summed E-state index contributed by atoms with van der Waals surface area (Å²) in [6, 6.07) is 9.96. The van der Waals surface area contributed by atoms with Crippen LogP contribution in [0, 0.1) is 11.3 Å². The van der Waals surface area contributed by atoms with Crippen molar-refractivity contribution in [3.8, 4) is 11.8 Å². The first kappa shape index (κ1) is 18.8. The Kier molecular flexibility index (Phi) is 8.62. The lowest BCUT2D eigenvalue weighted by Gasteiger charge is -2.18. The van der Waals surface area contributed by atoms with Gasteiger partial charge in [-0.25, -0.2) is 4.79 Å². The molecule has 1 rings (SSSR count). The molecular weight excluding hydrogens is 316 g/mol. The Hall–Kier alpha value is -2.20. The standard InChI is InChI=1S/C16H20N2O4S/c1-12(10-17)22-16(20)14(8-9-23-2)18-15(19)11-21-13-6-4-3-5-7-13/h3-7,12,14H,8-9,11H2,1-2H3,(H,18,19)/t12-,14+/m1/s1. The molecule has 1 amide bonds. The second-order valence-corrected chi connectivity index (χ2v) is 5.70. The average molecular weight is 336 g/mol. The SMILES string of the molecule is CSCC[C@H](NC(=O)COc1ccccc1)C(=O)O[C@H](C)C#N. The van der Waals surface area contributed by atoms with Crippen LogP contribution in [0.15, 0.2) is 30.3 Å². The summed E-state index contributed by atoms with van der Waals surface area (Å²) in [7, 11) is 0. The third kappa shape index (κ3) is 7.56. The molecule has 0 unspecified atom stereocenters. The smallest absolute Gasteiger partial charge is 0.329 e. The minimum atomic E-state index is -0.850. The molecule has 0 bridgehead atoms. The molecule has 0 aromatic heterocycles. The second kappa shape index (κ2) is 10.5. The number of thioether (sulfide) groups is 1. The molecule has 0 fully saturated rings. The van der Waals surface area contributed by atoms with E-state index in [-0.39, 0.29) is 6.61 Å². The van der Waals surface area contributed by atoms with Gasteiger partial charge in [0, 0.05) is 0 Å². The van der Waals surface area contributed by atoms with Crippen molar-refractivity contribution in [3.63, 3.8) is 0 Å². The second-order valence-electron chi connectivity index (χ2n) is 4.71. The predicted molar refractivity (Wildman–Crippen MR) is 88.0 cm³/mol. The summed E-state index contributed by atoms with van der Waals surface area (Å²) < 4.78 is 10.3. The van der Waals surface area contributed by atoms with Crippen molar-refractivity contribution >= 4 is 23.6 Å². The molecule has 1 aromatic carbocycles. The molecule has 0 aliphatic heterocycles. The lowest BCUT2D eigenvalue weighted by molar-refractivity contribution is -0.150. The maximum absolute atomic E-state index is 12.0. The predicted octanol–water partition coefficient (Wildman–Crippen LogP) is 1.76. The number of ether oxygens (including phenoxy) is 2. The highest BCUT2D eigenvalue weighted by Gasteiger charge is 2.23. The Balaban J connectivity index is 2.52. The van der Waals surface area contributed by atoms with Gasteiger partial charge in [0.25, 0.3) is 5.91 Å². The van der Waals surface area contributed by atoms with Crippen LogP contribution in [-0.4, -0.2) is 42.6 Å². The summed E-state index contributed by atoms with van der Waals surface area (Å²) in [5.74, 6) is 0.229. The summed E-state index contributed by atoms with van der Waals surface area (Å²) >= 11 is 1.55. The lowest BCUT2D eigenvalue weighted by Crippen LogP contribution is -2.44. The molecule has 0 aliphatic carbocycles. The summed E-state index contributed by atoms with van der Waals surface area (Å²) in [5.41, 5.74) is 0. The summed E-state index contributed by atoms with van der Waals surface area (Å²) in [5, 5.41) is 11.3. The van der Waals surface area contributed by atoms with Crippen LogP contribution < -0.4 is 10.1 Å². The number of nitrogens with zero attached hydrogens (tertiary/aromatic N) is 1. The largest absolute Gasteiger partial charge is 0.484 e. The van der Waals surface area contributed by atoms with Crippen molar-refractivity contribution in [2.75, 3.05) is 18.6 Å². The number of hydrogen-bond donors (Lipinski definition) is 1. The fourth-order valence-corrected chi connectivity index (χ4v) is 2.14. The zero-order valence-electron chi connectivity index (χ0n) is 13.2. The first-order valence-corrected chi connectivity index (χ1v) is 8.52. The Morgan fingerprint density at radius 2 is 2.04 bits per heavy atom. The minimum Gasteiger partial charge on any atom is -0.484 e. The van der Waals surface area contributed by atoms with Gasteiger partial charge in [-0.05, 0) is 37.5 Å². The molecule has 0 saturated carbocycles. The van der Waals surface area contributed by atoms with Crippen LogP contribution in [0.2, 0.25) is 0 Å². The molecule has 0 aliphatic rings. The molecule has 23 heavy (non-hydrogen) atoms. The van der Waals surface area contributed by atoms with Gasteiger partial charge in [-0.3, -0.25) is 4.79 Å². The van der Waals surface area contributed by atoms with Crippen molar-refractivity contribution in [2.45, 2.75) is 25.5 Å². The zero-order chi connectivity index (χ0) is 17.1. The number of nitrogens with one attached hydrogen (secondary N) is 1. The van der Waals surface area contributed by atoms with Crippen molar-refractivity contribution < 1.29 is 19.1 Å². The molecule has 0 spiro atoms. The third-order valence-electron chi connectivity index (χ3n) is 2.82. The van der Waals surface area contributed by atoms with Crippen molar-refractivity contribution in [2.24, 2.45) is 0 Å². The van der Waals surface area contributed by atoms with Gasteiger partial charge in [0.2, 0.25) is 0 Å². The van der Waals surface area contributed by atoms with E-state index in [0.717, 1.165) is 0 Å². The number of carbonyl (C=O) groups excluding carboxylic acids is 2. The highest BCUT2D eigenvalue weighted by molar-refractivity contribution is 7.98. The van der Waals surface area contributed by atoms with Crippen molar-refractivity contribution in [3.05, 3.63) is 30.3 Å². The highest BCUT2D eigenvalue weighted by atomic mass is 32.2. The summed E-state index contributed by atoms with van der Waals surface area (Å²) in [4.78, 5) is 23.9. The van der Waals surface area contributed by atoms with E-state index < -0.39 is 24.0 Å². The number of hydrogen-bond acceptors (Lipinski definition) is 6. The fourth-order valence-electron chi connectivity index (χ4n) is 1.67. The average Bonchev–Trinajstić information content (AvgIpc) is 2.57. The number of carbonyl (C=O) groups is 2. The van der Waals surface area contributed by atoms with E-state index in [9.17, 15) is 9.59 Å². The van der Waals surface area contributed by atoms with Crippen molar-refractivity contribution in [1.29, 1.82) is 5.26 Å². The maximum Gasteiger partial charge on any atom is 0.329 e. The van der Waals surface area contributed by atoms with Crippen LogP contribution in [0.25, 0.3) is 0 Å². The molecule has 7 heteroatoms. The van der Waals surface area contributed by atoms with Gasteiger partial charge in [-0.15, -0.1) is 0 Å². The number of benzene rings is 1. The number of para-hydroxylation sites is 1.